The smallest absolute Gasteiger partial charge is 0.0762 e. The Bertz CT molecular complexity index is 157. The molecule has 0 rings (SSSR count). The number of unbranched alkanes of at least 4 members (excludes halogenated alkanes) is 10. The average molecular weight is 263 g/mol. The molecule has 4 heteroatoms. The van der Waals surface area contributed by atoms with Gasteiger partial charge >= 0.3 is 0 Å². The highest BCUT2D eigenvalue weighted by molar-refractivity contribution is 7.55. The van der Waals surface area contributed by atoms with Crippen molar-refractivity contribution in [1.82, 2.24) is 0 Å². The van der Waals surface area contributed by atoms with E-state index in [1.807, 2.05) is 0 Å². The summed E-state index contributed by atoms with van der Waals surface area (Å²) in [6.07, 6.45) is 13.1. The monoisotopic (exact) mass is 263 g/mol. The third kappa shape index (κ3) is 16.3. The van der Waals surface area contributed by atoms with Gasteiger partial charge in [0.05, 0.1) is 6.16 Å². The number of hydrogen-bond donors (Lipinski definition) is 1. The Kier molecular flexibility index (Phi) is 11.6. The van der Waals surface area contributed by atoms with E-state index in [-0.39, 0.29) is 6.16 Å². The fraction of sp³-hybridized carbons (Fsp3) is 1.00. The van der Waals surface area contributed by atoms with E-state index in [2.05, 4.69) is 6.92 Å². The minimum Gasteiger partial charge on any atom is -0.660 e. The molecule has 0 fully saturated rings. The van der Waals surface area contributed by atoms with Gasteiger partial charge in [0.25, 0.3) is 0 Å². The lowest BCUT2D eigenvalue weighted by Gasteiger charge is -2.27. The molecule has 0 saturated heterocycles. The highest BCUT2D eigenvalue weighted by Crippen LogP contribution is 2.34. The largest absolute Gasteiger partial charge is 0.660 e. The minimum absolute atomic E-state index is 0.0516. The molecule has 0 saturated carbocycles. The van der Waals surface area contributed by atoms with Crippen molar-refractivity contribution in [1.29, 1.82) is 0 Å². The predicted molar refractivity (Wildman–Crippen MR) is 70.5 cm³/mol. The first kappa shape index (κ1) is 17.3. The van der Waals surface area contributed by atoms with Crippen molar-refractivity contribution in [2.45, 2.75) is 77.6 Å². The maximum Gasteiger partial charge on any atom is 0.0762 e. The molecule has 0 atom stereocenters. The first-order chi connectivity index (χ1) is 8.06. The molecule has 0 bridgehead atoms. The molecule has 0 aliphatic rings. The molecule has 0 spiro atoms. The van der Waals surface area contributed by atoms with E-state index in [0.717, 1.165) is 12.8 Å². The van der Waals surface area contributed by atoms with E-state index in [1.54, 1.807) is 0 Å². The zero-order valence-electron chi connectivity index (χ0n) is 11.2. The van der Waals surface area contributed by atoms with Crippen LogP contribution in [0.3, 0.4) is 0 Å². The van der Waals surface area contributed by atoms with Crippen molar-refractivity contribution in [3.63, 3.8) is 0 Å². The summed E-state index contributed by atoms with van der Waals surface area (Å²) in [5.41, 5.74) is 0. The van der Waals surface area contributed by atoms with E-state index in [1.165, 1.54) is 51.4 Å². The van der Waals surface area contributed by atoms with Crippen molar-refractivity contribution < 1.29 is 14.7 Å². The summed E-state index contributed by atoms with van der Waals surface area (Å²) in [5, 5.41) is 0. The van der Waals surface area contributed by atoms with Gasteiger partial charge in [-0.2, -0.15) is 0 Å². The van der Waals surface area contributed by atoms with Crippen molar-refractivity contribution in [2.75, 3.05) is 6.16 Å². The molecule has 0 radical (unpaired) electrons. The summed E-state index contributed by atoms with van der Waals surface area (Å²) in [5.74, 6) is 0. The van der Waals surface area contributed by atoms with Gasteiger partial charge in [-0.25, -0.2) is 0 Å². The molecule has 0 aromatic heterocycles. The summed E-state index contributed by atoms with van der Waals surface area (Å²) in [6, 6.07) is 0. The molecule has 3 nitrogen and oxygen atoms in total. The third-order valence-corrected chi connectivity index (χ3v) is 3.93. The molecular formula is C13H28O3P-. The Morgan fingerprint density at radius 2 is 1.06 bits per heavy atom. The van der Waals surface area contributed by atoms with Crippen molar-refractivity contribution in [2.24, 2.45) is 0 Å². The molecule has 0 unspecified atom stereocenters. The normalized spacial score (nSPS) is 12.0. The van der Waals surface area contributed by atoms with Crippen LogP contribution in [-0.4, -0.2) is 11.1 Å². The lowest BCUT2D eigenvalue weighted by molar-refractivity contribution is -0.331. The fourth-order valence-corrected chi connectivity index (χ4v) is 2.60. The summed E-state index contributed by atoms with van der Waals surface area (Å²) >= 11 is 0. The van der Waals surface area contributed by atoms with Crippen molar-refractivity contribution in [3.05, 3.63) is 0 Å². The standard InChI is InChI=1S/C13H29O3P/c1-2-3-4-5-6-7-8-9-10-11-12-13-17(14,15)16/h2-13H2,1H3,(H2,14,15,16)/p-1. The summed E-state index contributed by atoms with van der Waals surface area (Å²) in [4.78, 5) is 29.5. The molecule has 0 aliphatic carbocycles. The molecule has 0 heterocycles. The van der Waals surface area contributed by atoms with Gasteiger partial charge in [0, 0.05) is 7.94 Å². The van der Waals surface area contributed by atoms with Gasteiger partial charge in [0.15, 0.2) is 0 Å². The van der Waals surface area contributed by atoms with E-state index >= 15 is 0 Å². The maximum absolute atomic E-state index is 10.5. The van der Waals surface area contributed by atoms with Crippen LogP contribution in [0.2, 0.25) is 0 Å². The minimum atomic E-state index is -3.99. The molecule has 0 amide bonds. The van der Waals surface area contributed by atoms with Crippen LogP contribution in [0.15, 0.2) is 0 Å². The van der Waals surface area contributed by atoms with Gasteiger partial charge < -0.3 is 9.79 Å². The van der Waals surface area contributed by atoms with Crippen LogP contribution in [0.1, 0.15) is 77.6 Å². The third-order valence-electron chi connectivity index (χ3n) is 3.04. The van der Waals surface area contributed by atoms with Crippen LogP contribution in [0, 0.1) is 0 Å². The van der Waals surface area contributed by atoms with E-state index in [4.69, 9.17) is 4.89 Å². The second-order valence-electron chi connectivity index (χ2n) is 4.90. The average Bonchev–Trinajstić information content (AvgIpc) is 2.24. The Morgan fingerprint density at radius 3 is 1.41 bits per heavy atom. The number of hydrogen-bond acceptors (Lipinski definition) is 3. The Balaban J connectivity index is 2.99. The molecular weight excluding hydrogens is 235 g/mol. The fourth-order valence-electron chi connectivity index (χ4n) is 1.98. The Labute approximate surface area is 107 Å². The molecule has 17 heavy (non-hydrogen) atoms. The van der Waals surface area contributed by atoms with Gasteiger partial charge in [-0.15, -0.1) is 0 Å². The topological polar surface area (TPSA) is 66.3 Å². The Morgan fingerprint density at radius 1 is 0.706 bits per heavy atom. The van der Waals surface area contributed by atoms with Crippen LogP contribution < -0.4 is 9.79 Å². The van der Waals surface area contributed by atoms with Gasteiger partial charge in [0.2, 0.25) is 0 Å². The van der Waals surface area contributed by atoms with Crippen LogP contribution in [-0.2, 0) is 0 Å². The molecule has 0 aromatic carbocycles. The van der Waals surface area contributed by atoms with Crippen molar-refractivity contribution >= 4 is 7.94 Å². The lowest BCUT2D eigenvalue weighted by atomic mass is 10.1. The lowest BCUT2D eigenvalue weighted by Crippen LogP contribution is -2.23. The summed E-state index contributed by atoms with van der Waals surface area (Å²) in [7, 11) is -3.99. The predicted octanol–water partition coefficient (Wildman–Crippen LogP) is 2.77. The van der Waals surface area contributed by atoms with Crippen molar-refractivity contribution in [3.8, 4) is 0 Å². The molecule has 104 valence electrons. The van der Waals surface area contributed by atoms with Gasteiger partial charge in [-0.3, -0.25) is 4.89 Å². The highest BCUT2D eigenvalue weighted by Gasteiger charge is 2.05. The van der Waals surface area contributed by atoms with Crippen LogP contribution in [0.5, 0.6) is 0 Å². The van der Waals surface area contributed by atoms with Crippen LogP contribution >= 0.6 is 7.94 Å². The first-order valence-electron chi connectivity index (χ1n) is 7.09. The number of rotatable bonds is 12. The van der Waals surface area contributed by atoms with Crippen LogP contribution in [0.25, 0.3) is 0 Å². The second-order valence-corrected chi connectivity index (χ2v) is 6.62. The quantitative estimate of drug-likeness (QED) is 0.435. The van der Waals surface area contributed by atoms with E-state index < -0.39 is 7.94 Å². The zero-order valence-corrected chi connectivity index (χ0v) is 12.1. The van der Waals surface area contributed by atoms with E-state index in [0.29, 0.717) is 6.42 Å². The summed E-state index contributed by atoms with van der Waals surface area (Å²) in [6.45, 7) is 2.23. The first-order valence-corrected chi connectivity index (χ1v) is 8.85. The molecule has 1 N–H and O–H groups in total. The zero-order chi connectivity index (χ0) is 13.0. The highest BCUT2D eigenvalue weighted by atomic mass is 31.2. The second kappa shape index (κ2) is 11.4. The SMILES string of the molecule is CCCCCCCCCCCCC[P+]([O-])([O-])O. The van der Waals surface area contributed by atoms with Gasteiger partial charge in [-0.05, 0) is 12.8 Å². The van der Waals surface area contributed by atoms with Crippen LogP contribution in [0.4, 0.5) is 0 Å². The Hall–Kier alpha value is 0.310. The molecule has 0 aliphatic heterocycles. The maximum atomic E-state index is 10.5. The summed E-state index contributed by atoms with van der Waals surface area (Å²) < 4.78 is 0. The van der Waals surface area contributed by atoms with E-state index in [9.17, 15) is 9.79 Å². The molecule has 0 aromatic rings. The van der Waals surface area contributed by atoms with Gasteiger partial charge in [-0.1, -0.05) is 64.7 Å². The van der Waals surface area contributed by atoms with Gasteiger partial charge in [0.1, 0.15) is 0 Å².